The Labute approximate surface area is 321 Å². The second kappa shape index (κ2) is 40.9. The summed E-state index contributed by atoms with van der Waals surface area (Å²) in [6.07, 6.45) is 39.2. The van der Waals surface area contributed by atoms with Crippen LogP contribution in [0.5, 0.6) is 0 Å². The van der Waals surface area contributed by atoms with Gasteiger partial charge in [0, 0.05) is 12.8 Å². The van der Waals surface area contributed by atoms with Crippen molar-refractivity contribution >= 4 is 22.3 Å². The first kappa shape index (κ1) is 52.8. The molecule has 0 saturated heterocycles. The average Bonchev–Trinajstić information content (AvgIpc) is 3.07. The molecular formula is C41H83NO9S. The minimum Gasteiger partial charge on any atom is -0.724 e. The van der Waals surface area contributed by atoms with Crippen molar-refractivity contribution in [2.75, 3.05) is 27.7 Å². The highest BCUT2D eigenvalue weighted by molar-refractivity contribution is 7.80. The second-order valence-electron chi connectivity index (χ2n) is 14.9. The van der Waals surface area contributed by atoms with E-state index < -0.39 is 16.7 Å². The fourth-order valence-corrected chi connectivity index (χ4v) is 6.38. The summed E-state index contributed by atoms with van der Waals surface area (Å²) in [7, 11) is 0.248. The number of esters is 2. The molecule has 10 nitrogen and oxygen atoms in total. The first-order chi connectivity index (χ1) is 25.1. The molecule has 0 aliphatic heterocycles. The van der Waals surface area contributed by atoms with Crippen LogP contribution in [-0.4, -0.2) is 58.9 Å². The smallest absolute Gasteiger partial charge is 0.309 e. The zero-order chi connectivity index (χ0) is 39.0. The number of ether oxygens (including phenoxy) is 2. The second-order valence-corrected chi connectivity index (χ2v) is 15.8. The fraction of sp³-hybridized carbons (Fsp3) is 0.951. The summed E-state index contributed by atoms with van der Waals surface area (Å²) in [5.74, 6) is -0.480. The zero-order valence-electron chi connectivity index (χ0n) is 34.5. The number of carbonyl (C=O) groups is 2. The van der Waals surface area contributed by atoms with Crippen molar-refractivity contribution in [2.45, 2.75) is 226 Å². The molecule has 0 aromatic rings. The molecule has 0 aromatic carbocycles. The highest BCUT2D eigenvalue weighted by atomic mass is 32.3. The monoisotopic (exact) mass is 766 g/mol. The maximum atomic E-state index is 12.4. The van der Waals surface area contributed by atoms with E-state index in [0.29, 0.717) is 19.4 Å². The molecule has 0 unspecified atom stereocenters. The number of carbonyl (C=O) groups excluding carboxylic acids is 2. The van der Waals surface area contributed by atoms with Crippen molar-refractivity contribution in [1.82, 2.24) is 0 Å². The van der Waals surface area contributed by atoms with Gasteiger partial charge in [-0.05, 0) is 12.8 Å². The third-order valence-corrected chi connectivity index (χ3v) is 9.52. The van der Waals surface area contributed by atoms with Gasteiger partial charge < -0.3 is 18.9 Å². The Bertz CT molecular complexity index is 822. The van der Waals surface area contributed by atoms with Crippen LogP contribution >= 0.6 is 0 Å². The Morgan fingerprint density at radius 3 is 0.942 bits per heavy atom. The fourth-order valence-electron chi connectivity index (χ4n) is 6.22. The minimum absolute atomic E-state index is 0.240. The maximum absolute atomic E-state index is 12.4. The number of rotatable bonds is 38. The van der Waals surface area contributed by atoms with E-state index in [1.165, 1.54) is 167 Å². The summed E-state index contributed by atoms with van der Waals surface area (Å²) in [5.41, 5.74) is 0. The van der Waals surface area contributed by atoms with Gasteiger partial charge in [-0.25, -0.2) is 13.3 Å². The molecule has 52 heavy (non-hydrogen) atoms. The zero-order valence-corrected chi connectivity index (χ0v) is 35.3. The van der Waals surface area contributed by atoms with Gasteiger partial charge in [0.15, 0.2) is 6.54 Å². The highest BCUT2D eigenvalue weighted by Crippen LogP contribution is 2.16. The van der Waals surface area contributed by atoms with Gasteiger partial charge in [0.2, 0.25) is 10.4 Å². The number of hydrogen-bond acceptors (Lipinski definition) is 9. The number of nitrogens with one attached hydrogen (secondary N) is 1. The van der Waals surface area contributed by atoms with Gasteiger partial charge >= 0.3 is 11.9 Å². The molecule has 0 atom stereocenters. The van der Waals surface area contributed by atoms with Crippen LogP contribution in [-0.2, 0) is 38.7 Å². The predicted molar refractivity (Wildman–Crippen MR) is 211 cm³/mol. The van der Waals surface area contributed by atoms with Gasteiger partial charge in [-0.2, -0.15) is 0 Å². The molecule has 0 spiro atoms. The van der Waals surface area contributed by atoms with Gasteiger partial charge in [-0.1, -0.05) is 194 Å². The van der Waals surface area contributed by atoms with E-state index in [-0.39, 0.29) is 11.9 Å². The molecule has 11 heteroatoms. The lowest BCUT2D eigenvalue weighted by atomic mass is 10.0. The van der Waals surface area contributed by atoms with E-state index in [2.05, 4.69) is 23.1 Å². The van der Waals surface area contributed by atoms with Gasteiger partial charge in [0.1, 0.15) is 0 Å². The molecule has 312 valence electrons. The molecule has 0 fully saturated rings. The summed E-state index contributed by atoms with van der Waals surface area (Å²) in [5, 5.41) is 0. The first-order valence-corrected chi connectivity index (χ1v) is 22.7. The summed E-state index contributed by atoms with van der Waals surface area (Å²) in [4.78, 5) is 29.5. The molecule has 0 heterocycles. The Balaban J connectivity index is 0. The van der Waals surface area contributed by atoms with Gasteiger partial charge in [-0.3, -0.25) is 9.59 Å². The summed E-state index contributed by atoms with van der Waals surface area (Å²) < 4.78 is 42.3. The summed E-state index contributed by atoms with van der Waals surface area (Å²) in [6, 6.07) is 0. The highest BCUT2D eigenvalue weighted by Gasteiger charge is 2.21. The molecule has 0 saturated carbocycles. The largest absolute Gasteiger partial charge is 0.724 e. The molecule has 0 bridgehead atoms. The van der Waals surface area contributed by atoms with Crippen LogP contribution in [0.25, 0.3) is 0 Å². The molecule has 0 aliphatic rings. The van der Waals surface area contributed by atoms with Gasteiger partial charge in [0.25, 0.3) is 6.29 Å². The van der Waals surface area contributed by atoms with E-state index in [4.69, 9.17) is 9.47 Å². The van der Waals surface area contributed by atoms with Crippen molar-refractivity contribution < 1.29 is 46.2 Å². The lowest BCUT2D eigenvalue weighted by Gasteiger charge is -2.19. The van der Waals surface area contributed by atoms with Crippen LogP contribution in [0.3, 0.4) is 0 Å². The van der Waals surface area contributed by atoms with E-state index in [1.54, 1.807) is 0 Å². The number of quaternary nitrogens is 1. The van der Waals surface area contributed by atoms with Crippen LogP contribution in [0.4, 0.5) is 0 Å². The van der Waals surface area contributed by atoms with E-state index in [0.717, 1.165) is 37.7 Å². The SMILES string of the molecule is CCCCCCCCCCCCCCCCCC(=O)OC(C[NH+](C)C)OC(=O)CCCCCCCCCCCCCCCCC.COOS(=O)(=O)[O-]. The van der Waals surface area contributed by atoms with Crippen LogP contribution in [0.15, 0.2) is 0 Å². The molecule has 1 N–H and O–H groups in total. The van der Waals surface area contributed by atoms with Crippen LogP contribution < -0.4 is 4.90 Å². The summed E-state index contributed by atoms with van der Waals surface area (Å²) in [6.45, 7) is 5.04. The molecule has 0 amide bonds. The first-order valence-electron chi connectivity index (χ1n) is 21.4. The van der Waals surface area contributed by atoms with Crippen molar-refractivity contribution in [3.8, 4) is 0 Å². The Hall–Kier alpha value is -1.27. The molecule has 0 radical (unpaired) electrons. The van der Waals surface area contributed by atoms with E-state index >= 15 is 0 Å². The van der Waals surface area contributed by atoms with Gasteiger partial charge in [0.05, 0.1) is 21.2 Å². The molecule has 0 aliphatic carbocycles. The van der Waals surface area contributed by atoms with E-state index in [9.17, 15) is 22.6 Å². The van der Waals surface area contributed by atoms with Gasteiger partial charge in [-0.15, -0.1) is 4.33 Å². The predicted octanol–water partition coefficient (Wildman–Crippen LogP) is 10.1. The topological polar surface area (TPSA) is 133 Å². The number of hydrogen-bond donors (Lipinski definition) is 1. The van der Waals surface area contributed by atoms with Crippen molar-refractivity contribution in [3.63, 3.8) is 0 Å². The lowest BCUT2D eigenvalue weighted by Crippen LogP contribution is -3.07. The molecular weight excluding hydrogens is 683 g/mol. The lowest BCUT2D eigenvalue weighted by molar-refractivity contribution is -0.864. The van der Waals surface area contributed by atoms with Crippen LogP contribution in [0.1, 0.15) is 219 Å². The Morgan fingerprint density at radius 1 is 0.500 bits per heavy atom. The third-order valence-electron chi connectivity index (χ3n) is 9.22. The quantitative estimate of drug-likeness (QED) is 0.0124. The van der Waals surface area contributed by atoms with Crippen molar-refractivity contribution in [3.05, 3.63) is 0 Å². The summed E-state index contributed by atoms with van der Waals surface area (Å²) >= 11 is 0. The Kier molecular flexibility index (Phi) is 41.6. The van der Waals surface area contributed by atoms with Crippen molar-refractivity contribution in [1.29, 1.82) is 0 Å². The van der Waals surface area contributed by atoms with Crippen LogP contribution in [0, 0.1) is 0 Å². The molecule has 0 aromatic heterocycles. The minimum atomic E-state index is -4.65. The number of likely N-dealkylation sites (N-methyl/N-ethyl adjacent to an activating group) is 1. The number of unbranched alkanes of at least 4 members (excludes halogenated alkanes) is 28. The van der Waals surface area contributed by atoms with E-state index in [1.807, 2.05) is 14.1 Å². The normalized spacial score (nSPS) is 11.5. The molecule has 0 rings (SSSR count). The third kappa shape index (κ3) is 46.8. The van der Waals surface area contributed by atoms with Crippen LogP contribution in [0.2, 0.25) is 0 Å². The Morgan fingerprint density at radius 2 is 0.750 bits per heavy atom. The standard InChI is InChI=1S/C40H79NO4.CH4O5S/c1-5-7-9-11-13-15-17-19-21-23-25-27-29-31-33-35-38(42)44-40(37-41(3)4)45-39(43)36-34-32-30-28-26-24-22-20-18-16-14-12-10-8-6-2;1-5-6-7(2,3)4/h40H,5-37H2,1-4H3;1H3,(H,2,3,4). The average molecular weight is 766 g/mol. The maximum Gasteiger partial charge on any atom is 0.309 e. The van der Waals surface area contributed by atoms with Crippen molar-refractivity contribution in [2.24, 2.45) is 0 Å².